The first-order valence-corrected chi connectivity index (χ1v) is 9.23. The van der Waals surface area contributed by atoms with E-state index >= 15 is 0 Å². The first-order chi connectivity index (χ1) is 10.8. The topological polar surface area (TPSA) is 84.0 Å². The summed E-state index contributed by atoms with van der Waals surface area (Å²) < 4.78 is 26.7. The third-order valence-electron chi connectivity index (χ3n) is 3.39. The average molecular weight is 373 g/mol. The number of rotatable bonds is 5. The Bertz CT molecular complexity index is 854. The van der Waals surface area contributed by atoms with Gasteiger partial charge in [0.15, 0.2) is 0 Å². The van der Waals surface area contributed by atoms with Crippen LogP contribution in [0.1, 0.15) is 18.4 Å². The predicted octanol–water partition coefficient (Wildman–Crippen LogP) is 3.74. The second kappa shape index (κ2) is 6.14. The molecule has 0 atom stereocenters. The Labute approximate surface area is 144 Å². The predicted molar refractivity (Wildman–Crippen MR) is 92.1 cm³/mol. The maximum atomic E-state index is 12.1. The van der Waals surface area contributed by atoms with Gasteiger partial charge >= 0.3 is 0 Å². The fourth-order valence-corrected chi connectivity index (χ4v) is 3.73. The Hall–Kier alpha value is -1.57. The molecule has 9 heteroatoms. The first kappa shape index (κ1) is 16.3. The van der Waals surface area contributed by atoms with Gasteiger partial charge in [-0.3, -0.25) is 4.72 Å². The minimum Gasteiger partial charge on any atom is -0.340 e. The highest BCUT2D eigenvalue weighted by molar-refractivity contribution is 7.93. The van der Waals surface area contributed by atoms with Gasteiger partial charge in [-0.15, -0.1) is 0 Å². The Morgan fingerprint density at radius 2 is 2.00 bits per heavy atom. The zero-order valence-electron chi connectivity index (χ0n) is 12.2. The molecule has 2 aromatic rings. The van der Waals surface area contributed by atoms with Crippen LogP contribution in [0.15, 0.2) is 24.4 Å². The molecule has 1 heterocycles. The number of aryl methyl sites for hydroxylation is 1. The molecule has 23 heavy (non-hydrogen) atoms. The average Bonchev–Trinajstić information content (AvgIpc) is 3.31. The second-order valence-corrected chi connectivity index (χ2v) is 8.04. The van der Waals surface area contributed by atoms with E-state index < -0.39 is 10.0 Å². The molecule has 0 spiro atoms. The minimum atomic E-state index is -3.38. The number of nitrogens with one attached hydrogen (secondary N) is 2. The summed E-state index contributed by atoms with van der Waals surface area (Å²) >= 11 is 11.9. The van der Waals surface area contributed by atoms with Gasteiger partial charge in [-0.1, -0.05) is 11.6 Å². The van der Waals surface area contributed by atoms with Gasteiger partial charge in [0.2, 0.25) is 15.3 Å². The fourth-order valence-electron chi connectivity index (χ4n) is 1.98. The summed E-state index contributed by atoms with van der Waals surface area (Å²) in [5.74, 6) is 0.545. The molecule has 0 radical (unpaired) electrons. The maximum Gasteiger partial charge on any atom is 0.235 e. The van der Waals surface area contributed by atoms with Crippen LogP contribution in [0, 0.1) is 6.92 Å². The highest BCUT2D eigenvalue weighted by Gasteiger charge is 2.36. The fraction of sp³-hybridized carbons (Fsp3) is 0.286. The van der Waals surface area contributed by atoms with Crippen LogP contribution in [0.3, 0.4) is 0 Å². The lowest BCUT2D eigenvalue weighted by atomic mass is 10.2. The molecule has 6 nitrogen and oxygen atoms in total. The molecule has 1 aliphatic carbocycles. The molecular weight excluding hydrogens is 359 g/mol. The molecule has 122 valence electrons. The Morgan fingerprint density at radius 3 is 2.70 bits per heavy atom. The van der Waals surface area contributed by atoms with Gasteiger partial charge in [0.1, 0.15) is 5.82 Å². The van der Waals surface area contributed by atoms with Gasteiger partial charge in [-0.2, -0.15) is 0 Å². The molecule has 1 fully saturated rings. The van der Waals surface area contributed by atoms with Crippen molar-refractivity contribution in [1.29, 1.82) is 0 Å². The summed E-state index contributed by atoms with van der Waals surface area (Å²) in [5.41, 5.74) is 1.78. The Balaban J connectivity index is 1.86. The van der Waals surface area contributed by atoms with Crippen LogP contribution in [-0.2, 0) is 10.0 Å². The van der Waals surface area contributed by atoms with E-state index in [1.807, 2.05) is 6.92 Å². The van der Waals surface area contributed by atoms with E-state index in [1.54, 1.807) is 24.4 Å². The van der Waals surface area contributed by atoms with Crippen LogP contribution < -0.4 is 10.0 Å². The molecule has 2 N–H and O–H groups in total. The van der Waals surface area contributed by atoms with E-state index in [-0.39, 0.29) is 10.5 Å². The lowest BCUT2D eigenvalue weighted by molar-refractivity contribution is 0.600. The van der Waals surface area contributed by atoms with E-state index in [0.29, 0.717) is 35.1 Å². The summed E-state index contributed by atoms with van der Waals surface area (Å²) in [4.78, 5) is 7.99. The molecule has 1 saturated carbocycles. The van der Waals surface area contributed by atoms with Crippen molar-refractivity contribution in [1.82, 2.24) is 9.97 Å². The van der Waals surface area contributed by atoms with Crippen molar-refractivity contribution in [2.24, 2.45) is 0 Å². The van der Waals surface area contributed by atoms with Gasteiger partial charge in [0.25, 0.3) is 0 Å². The number of aromatic nitrogens is 2. The molecule has 0 amide bonds. The van der Waals surface area contributed by atoms with Crippen LogP contribution >= 0.6 is 23.2 Å². The molecule has 1 aromatic heterocycles. The number of sulfonamides is 1. The summed E-state index contributed by atoms with van der Waals surface area (Å²) in [6.07, 6.45) is 2.97. The Kier molecular flexibility index (Phi) is 4.35. The third-order valence-corrected chi connectivity index (χ3v) is 5.75. The molecule has 0 saturated heterocycles. The maximum absolute atomic E-state index is 12.1. The van der Waals surface area contributed by atoms with Crippen LogP contribution in [0.25, 0.3) is 0 Å². The zero-order chi connectivity index (χ0) is 16.6. The van der Waals surface area contributed by atoms with Crippen LogP contribution in [0.2, 0.25) is 10.3 Å². The van der Waals surface area contributed by atoms with E-state index in [2.05, 4.69) is 20.0 Å². The van der Waals surface area contributed by atoms with E-state index in [0.717, 1.165) is 5.56 Å². The first-order valence-electron chi connectivity index (χ1n) is 6.92. The quantitative estimate of drug-likeness (QED) is 0.780. The minimum absolute atomic E-state index is 0.127. The van der Waals surface area contributed by atoms with Gasteiger partial charge in [0.05, 0.1) is 16.0 Å². The molecule has 3 rings (SSSR count). The van der Waals surface area contributed by atoms with Crippen molar-refractivity contribution in [3.8, 4) is 0 Å². The molecule has 1 aliphatic rings. The Morgan fingerprint density at radius 1 is 1.26 bits per heavy atom. The van der Waals surface area contributed by atoms with Crippen LogP contribution in [-0.4, -0.2) is 23.6 Å². The summed E-state index contributed by atoms with van der Waals surface area (Å²) in [6, 6.07) is 4.97. The molecule has 0 bridgehead atoms. The van der Waals surface area contributed by atoms with Crippen molar-refractivity contribution in [3.63, 3.8) is 0 Å². The summed E-state index contributed by atoms with van der Waals surface area (Å²) in [6.45, 7) is 1.84. The third kappa shape index (κ3) is 3.85. The lowest BCUT2D eigenvalue weighted by Gasteiger charge is -2.13. The van der Waals surface area contributed by atoms with Crippen molar-refractivity contribution in [3.05, 3.63) is 40.3 Å². The number of hydrogen-bond donors (Lipinski definition) is 2. The van der Waals surface area contributed by atoms with Crippen LogP contribution in [0.5, 0.6) is 0 Å². The van der Waals surface area contributed by atoms with E-state index in [9.17, 15) is 8.42 Å². The molecule has 0 unspecified atom stereocenters. The SMILES string of the molecule is Cc1cnc(Cl)nc1Nc1ccc(Cl)c(NS(=O)(=O)C2CC2)c1. The zero-order valence-corrected chi connectivity index (χ0v) is 14.5. The van der Waals surface area contributed by atoms with Crippen molar-refractivity contribution < 1.29 is 8.42 Å². The van der Waals surface area contributed by atoms with Crippen molar-refractivity contribution >= 4 is 50.4 Å². The second-order valence-electron chi connectivity index (χ2n) is 5.34. The smallest absolute Gasteiger partial charge is 0.235 e. The monoisotopic (exact) mass is 372 g/mol. The van der Waals surface area contributed by atoms with Gasteiger partial charge in [-0.25, -0.2) is 18.4 Å². The van der Waals surface area contributed by atoms with Gasteiger partial charge in [0, 0.05) is 17.4 Å². The molecule has 1 aromatic carbocycles. The standard InChI is InChI=1S/C14H14Cl2N4O2S/c1-8-7-17-14(16)19-13(8)18-9-2-5-11(15)12(6-9)20-23(21,22)10-3-4-10/h2,5-7,10,20H,3-4H2,1H3,(H,17,18,19). The van der Waals surface area contributed by atoms with Crippen molar-refractivity contribution in [2.45, 2.75) is 25.0 Å². The lowest BCUT2D eigenvalue weighted by Crippen LogP contribution is -2.17. The highest BCUT2D eigenvalue weighted by atomic mass is 35.5. The highest BCUT2D eigenvalue weighted by Crippen LogP contribution is 2.33. The number of benzene rings is 1. The molecular formula is C14H14Cl2N4O2S. The van der Waals surface area contributed by atoms with Gasteiger partial charge < -0.3 is 5.32 Å². The van der Waals surface area contributed by atoms with E-state index in [1.165, 1.54) is 0 Å². The summed E-state index contributed by atoms with van der Waals surface area (Å²) in [7, 11) is -3.38. The summed E-state index contributed by atoms with van der Waals surface area (Å²) in [5, 5.41) is 3.22. The molecule has 0 aliphatic heterocycles. The largest absolute Gasteiger partial charge is 0.340 e. The van der Waals surface area contributed by atoms with Crippen molar-refractivity contribution in [2.75, 3.05) is 10.0 Å². The normalized spacial score (nSPS) is 14.6. The van der Waals surface area contributed by atoms with Gasteiger partial charge in [-0.05, 0) is 49.6 Å². The number of nitrogens with zero attached hydrogens (tertiary/aromatic N) is 2. The van der Waals surface area contributed by atoms with E-state index in [4.69, 9.17) is 23.2 Å². The van der Waals surface area contributed by atoms with Crippen LogP contribution in [0.4, 0.5) is 17.2 Å². The number of anilines is 3. The number of halogens is 2. The number of hydrogen-bond acceptors (Lipinski definition) is 5.